The summed E-state index contributed by atoms with van der Waals surface area (Å²) in [6.07, 6.45) is 5.38. The van der Waals surface area contributed by atoms with Crippen LogP contribution in [0.4, 0.5) is 13.2 Å². The average molecular weight is 380 g/mol. The molecule has 0 heterocycles. The molecule has 0 nitrogen and oxygen atoms in total. The van der Waals surface area contributed by atoms with Gasteiger partial charge in [0.05, 0.1) is 0 Å². The third kappa shape index (κ3) is 4.36. The summed E-state index contributed by atoms with van der Waals surface area (Å²) in [6, 6.07) is 16.0. The van der Waals surface area contributed by atoms with Gasteiger partial charge in [-0.1, -0.05) is 81.0 Å². The van der Waals surface area contributed by atoms with E-state index in [0.717, 1.165) is 35.1 Å². The van der Waals surface area contributed by atoms with Crippen LogP contribution in [0.2, 0.25) is 0 Å². The van der Waals surface area contributed by atoms with Crippen LogP contribution >= 0.6 is 0 Å². The highest BCUT2D eigenvalue weighted by atomic mass is 19.2. The molecule has 144 valence electrons. The Kier molecular flexibility index (Phi) is 6.35. The molecule has 0 amide bonds. The number of rotatable bonds is 6. The topological polar surface area (TPSA) is 0 Å². The van der Waals surface area contributed by atoms with Crippen molar-refractivity contribution in [3.05, 3.63) is 94.3 Å². The summed E-state index contributed by atoms with van der Waals surface area (Å²) < 4.78 is 42.2. The minimum Gasteiger partial charge on any atom is -0.207 e. The second-order valence-corrected chi connectivity index (χ2v) is 6.81. The lowest BCUT2D eigenvalue weighted by Crippen LogP contribution is -1.95. The Morgan fingerprint density at radius 1 is 0.714 bits per heavy atom. The lowest BCUT2D eigenvalue weighted by atomic mass is 10.00. The molecule has 3 rings (SSSR count). The molecule has 0 unspecified atom stereocenters. The molecule has 0 spiro atoms. The molecule has 0 saturated carbocycles. The third-order valence-electron chi connectivity index (χ3n) is 4.84. The van der Waals surface area contributed by atoms with Gasteiger partial charge in [0, 0.05) is 5.56 Å². The Bertz CT molecular complexity index is 985. The Morgan fingerprint density at radius 2 is 1.39 bits per heavy atom. The van der Waals surface area contributed by atoms with Crippen molar-refractivity contribution in [2.24, 2.45) is 0 Å². The van der Waals surface area contributed by atoms with E-state index in [1.165, 1.54) is 0 Å². The molecule has 0 aliphatic carbocycles. The molecule has 0 aliphatic heterocycles. The van der Waals surface area contributed by atoms with Crippen molar-refractivity contribution in [2.45, 2.75) is 33.1 Å². The predicted molar refractivity (Wildman–Crippen MR) is 110 cm³/mol. The standard InChI is InChI=1S/C25H23F3/c1-3-5-20-13-15-22(16-23(20)26)19-9-6-17(7-10-19)8-11-21-14-12-18(4-2)24(27)25(21)28/h6-16H,3-5H2,1-2H3/b11-8+. The molecule has 0 atom stereocenters. The summed E-state index contributed by atoms with van der Waals surface area (Å²) in [4.78, 5) is 0. The van der Waals surface area contributed by atoms with Gasteiger partial charge in [-0.15, -0.1) is 0 Å². The molecular formula is C25H23F3. The van der Waals surface area contributed by atoms with Crippen LogP contribution in [0.5, 0.6) is 0 Å². The van der Waals surface area contributed by atoms with Crippen molar-refractivity contribution >= 4 is 12.2 Å². The van der Waals surface area contributed by atoms with E-state index in [-0.39, 0.29) is 11.4 Å². The van der Waals surface area contributed by atoms with E-state index in [1.54, 1.807) is 37.3 Å². The molecule has 3 heteroatoms. The van der Waals surface area contributed by atoms with Gasteiger partial charge in [-0.25, -0.2) is 13.2 Å². The van der Waals surface area contributed by atoms with E-state index >= 15 is 0 Å². The summed E-state index contributed by atoms with van der Waals surface area (Å²) in [7, 11) is 0. The van der Waals surface area contributed by atoms with Gasteiger partial charge >= 0.3 is 0 Å². The van der Waals surface area contributed by atoms with Gasteiger partial charge in [0.1, 0.15) is 5.82 Å². The Morgan fingerprint density at radius 3 is 2.04 bits per heavy atom. The first kappa shape index (κ1) is 19.9. The molecule has 0 fully saturated rings. The van der Waals surface area contributed by atoms with Crippen LogP contribution in [-0.4, -0.2) is 0 Å². The van der Waals surface area contributed by atoms with Crippen LogP contribution in [0.1, 0.15) is 42.5 Å². The normalized spacial score (nSPS) is 11.3. The molecule has 0 aromatic heterocycles. The first-order valence-electron chi connectivity index (χ1n) is 9.57. The molecule has 0 aliphatic rings. The van der Waals surface area contributed by atoms with Crippen LogP contribution in [0.25, 0.3) is 23.3 Å². The largest absolute Gasteiger partial charge is 0.207 e. The van der Waals surface area contributed by atoms with Gasteiger partial charge in [-0.05, 0) is 46.7 Å². The summed E-state index contributed by atoms with van der Waals surface area (Å²) in [6.45, 7) is 3.82. The highest BCUT2D eigenvalue weighted by Crippen LogP contribution is 2.24. The molecular weight excluding hydrogens is 357 g/mol. The number of aryl methyl sites for hydroxylation is 2. The zero-order valence-electron chi connectivity index (χ0n) is 16.1. The number of benzene rings is 3. The van der Waals surface area contributed by atoms with Crippen LogP contribution < -0.4 is 0 Å². The minimum atomic E-state index is -0.824. The van der Waals surface area contributed by atoms with Crippen LogP contribution in [0, 0.1) is 17.5 Å². The van der Waals surface area contributed by atoms with E-state index in [0.29, 0.717) is 12.0 Å². The van der Waals surface area contributed by atoms with E-state index in [1.807, 2.05) is 43.3 Å². The van der Waals surface area contributed by atoms with Gasteiger partial charge in [0.25, 0.3) is 0 Å². The van der Waals surface area contributed by atoms with Crippen LogP contribution in [-0.2, 0) is 12.8 Å². The summed E-state index contributed by atoms with van der Waals surface area (Å²) in [5.41, 5.74) is 3.89. The third-order valence-corrected chi connectivity index (χ3v) is 4.84. The molecule has 3 aromatic carbocycles. The zero-order chi connectivity index (χ0) is 20.1. The van der Waals surface area contributed by atoms with E-state index in [2.05, 4.69) is 0 Å². The maximum Gasteiger partial charge on any atom is 0.166 e. The zero-order valence-corrected chi connectivity index (χ0v) is 16.1. The van der Waals surface area contributed by atoms with Gasteiger partial charge in [-0.2, -0.15) is 0 Å². The number of hydrogen-bond acceptors (Lipinski definition) is 0. The monoisotopic (exact) mass is 380 g/mol. The first-order valence-corrected chi connectivity index (χ1v) is 9.57. The molecule has 0 saturated heterocycles. The highest BCUT2D eigenvalue weighted by Gasteiger charge is 2.10. The van der Waals surface area contributed by atoms with E-state index < -0.39 is 11.6 Å². The maximum atomic E-state index is 14.2. The number of halogens is 3. The number of hydrogen-bond donors (Lipinski definition) is 0. The lowest BCUT2D eigenvalue weighted by Gasteiger charge is -2.06. The molecule has 0 bridgehead atoms. The Balaban J connectivity index is 1.79. The quantitative estimate of drug-likeness (QED) is 0.389. The fraction of sp³-hybridized carbons (Fsp3) is 0.200. The summed E-state index contributed by atoms with van der Waals surface area (Å²) >= 11 is 0. The van der Waals surface area contributed by atoms with E-state index in [4.69, 9.17) is 0 Å². The first-order chi connectivity index (χ1) is 13.5. The van der Waals surface area contributed by atoms with Gasteiger partial charge < -0.3 is 0 Å². The average Bonchev–Trinajstić information content (AvgIpc) is 2.71. The highest BCUT2D eigenvalue weighted by molar-refractivity contribution is 5.72. The molecule has 0 N–H and O–H groups in total. The van der Waals surface area contributed by atoms with Crippen molar-refractivity contribution < 1.29 is 13.2 Å². The van der Waals surface area contributed by atoms with Crippen molar-refractivity contribution in [1.29, 1.82) is 0 Å². The Labute approximate surface area is 164 Å². The van der Waals surface area contributed by atoms with Crippen LogP contribution in [0.3, 0.4) is 0 Å². The fourth-order valence-corrected chi connectivity index (χ4v) is 3.18. The van der Waals surface area contributed by atoms with Crippen molar-refractivity contribution in [2.75, 3.05) is 0 Å². The second kappa shape index (κ2) is 8.92. The molecule has 3 aromatic rings. The fourth-order valence-electron chi connectivity index (χ4n) is 3.18. The van der Waals surface area contributed by atoms with Crippen molar-refractivity contribution in [3.63, 3.8) is 0 Å². The predicted octanol–water partition coefficient (Wildman–Crippen LogP) is 7.46. The van der Waals surface area contributed by atoms with Gasteiger partial charge in [0.2, 0.25) is 0 Å². The molecule has 28 heavy (non-hydrogen) atoms. The second-order valence-electron chi connectivity index (χ2n) is 6.81. The lowest BCUT2D eigenvalue weighted by molar-refractivity contribution is 0.498. The summed E-state index contributed by atoms with van der Waals surface area (Å²) in [5, 5.41) is 0. The smallest absolute Gasteiger partial charge is 0.166 e. The Hall–Kier alpha value is -2.81. The van der Waals surface area contributed by atoms with Gasteiger partial charge in [-0.3, -0.25) is 0 Å². The van der Waals surface area contributed by atoms with Crippen LogP contribution in [0.15, 0.2) is 54.6 Å². The maximum absolute atomic E-state index is 14.2. The minimum absolute atomic E-state index is 0.184. The summed E-state index contributed by atoms with van der Waals surface area (Å²) in [5.74, 6) is -1.79. The van der Waals surface area contributed by atoms with E-state index in [9.17, 15) is 13.2 Å². The van der Waals surface area contributed by atoms with Gasteiger partial charge in [0.15, 0.2) is 11.6 Å². The SMILES string of the molecule is CCCc1ccc(-c2ccc(/C=C/c3ccc(CC)c(F)c3F)cc2)cc1F. The van der Waals surface area contributed by atoms with Crippen molar-refractivity contribution in [3.8, 4) is 11.1 Å². The van der Waals surface area contributed by atoms with Crippen molar-refractivity contribution in [1.82, 2.24) is 0 Å². The molecule has 0 radical (unpaired) electrons.